The van der Waals surface area contributed by atoms with Crippen LogP contribution in [0.4, 0.5) is 0 Å². The van der Waals surface area contributed by atoms with Crippen LogP contribution in [0.1, 0.15) is 36.6 Å². The molecule has 0 saturated carbocycles. The minimum atomic E-state index is -0.00493. The lowest BCUT2D eigenvalue weighted by Gasteiger charge is -2.19. The summed E-state index contributed by atoms with van der Waals surface area (Å²) in [5, 5.41) is 16.0. The molecule has 7 nitrogen and oxygen atoms in total. The van der Waals surface area contributed by atoms with Gasteiger partial charge < -0.3 is 19.9 Å². The Labute approximate surface area is 170 Å². The van der Waals surface area contributed by atoms with Gasteiger partial charge in [-0.1, -0.05) is 29.3 Å². The third kappa shape index (κ3) is 6.37. The van der Waals surface area contributed by atoms with Crippen molar-refractivity contribution in [3.63, 3.8) is 0 Å². The van der Waals surface area contributed by atoms with Crippen molar-refractivity contribution >= 4 is 29.2 Å². The molecule has 1 aromatic carbocycles. The van der Waals surface area contributed by atoms with E-state index in [0.717, 1.165) is 30.2 Å². The van der Waals surface area contributed by atoms with Gasteiger partial charge in [0.05, 0.1) is 16.1 Å². The number of methoxy groups -OCH3 is 1. The van der Waals surface area contributed by atoms with E-state index in [4.69, 9.17) is 27.9 Å². The molecule has 0 amide bonds. The molecule has 0 fully saturated rings. The fourth-order valence-corrected chi connectivity index (χ4v) is 2.69. The lowest BCUT2D eigenvalue weighted by atomic mass is 10.1. The van der Waals surface area contributed by atoms with Crippen molar-refractivity contribution in [3.8, 4) is 0 Å². The number of benzene rings is 1. The molecular formula is C18H26Cl2N6O. The number of halogens is 2. The number of nitrogens with one attached hydrogen (secondary N) is 2. The monoisotopic (exact) mass is 412 g/mol. The molecule has 2 N–H and O–H groups in total. The summed E-state index contributed by atoms with van der Waals surface area (Å²) in [6.45, 7) is 5.80. The molecule has 27 heavy (non-hydrogen) atoms. The maximum atomic E-state index is 6.14. The van der Waals surface area contributed by atoms with Gasteiger partial charge in [-0.15, -0.1) is 10.2 Å². The molecule has 0 spiro atoms. The standard InChI is InChI=1S/C18H26Cl2N6O/c1-12(14-6-7-15(19)16(20)10-14)23-18(21-8-5-9-27-4)22-11-17-25-24-13(2)26(17)3/h6-7,10,12H,5,8-9,11H2,1-4H3,(H2,21,22,23). The summed E-state index contributed by atoms with van der Waals surface area (Å²) in [5.41, 5.74) is 1.02. The Bertz CT molecular complexity index is 777. The van der Waals surface area contributed by atoms with Crippen molar-refractivity contribution in [2.75, 3.05) is 20.3 Å². The third-order valence-corrected chi connectivity index (χ3v) is 4.91. The second-order valence-corrected chi connectivity index (χ2v) is 7.01. The van der Waals surface area contributed by atoms with Gasteiger partial charge in [-0.25, -0.2) is 4.99 Å². The SMILES string of the molecule is COCCCNC(=NCc1nnc(C)n1C)NC(C)c1ccc(Cl)c(Cl)c1. The maximum absolute atomic E-state index is 6.14. The topological polar surface area (TPSA) is 76.4 Å². The second kappa shape index (κ2) is 10.5. The van der Waals surface area contributed by atoms with Gasteiger partial charge in [0.1, 0.15) is 12.4 Å². The van der Waals surface area contributed by atoms with E-state index in [1.54, 1.807) is 13.2 Å². The highest BCUT2D eigenvalue weighted by atomic mass is 35.5. The summed E-state index contributed by atoms with van der Waals surface area (Å²) < 4.78 is 7.02. The molecule has 1 atom stereocenters. The number of aromatic nitrogens is 3. The van der Waals surface area contributed by atoms with Gasteiger partial charge in [0.25, 0.3) is 0 Å². The predicted octanol–water partition coefficient (Wildman–Crippen LogP) is 3.26. The van der Waals surface area contributed by atoms with Crippen LogP contribution in [0.25, 0.3) is 0 Å². The van der Waals surface area contributed by atoms with Crippen molar-refractivity contribution < 1.29 is 4.74 Å². The Hall–Kier alpha value is -1.83. The number of ether oxygens (including phenoxy) is 1. The summed E-state index contributed by atoms with van der Waals surface area (Å²) in [7, 11) is 3.62. The number of nitrogens with zero attached hydrogens (tertiary/aromatic N) is 4. The molecule has 0 saturated heterocycles. The first-order valence-corrected chi connectivity index (χ1v) is 9.51. The molecule has 2 aromatic rings. The van der Waals surface area contributed by atoms with Crippen LogP contribution in [0, 0.1) is 6.92 Å². The molecule has 0 aliphatic heterocycles. The molecule has 0 radical (unpaired) electrons. The smallest absolute Gasteiger partial charge is 0.192 e. The number of hydrogen-bond donors (Lipinski definition) is 2. The van der Waals surface area contributed by atoms with Crippen LogP contribution in [-0.4, -0.2) is 41.0 Å². The first-order chi connectivity index (χ1) is 12.9. The van der Waals surface area contributed by atoms with Gasteiger partial charge in [0.15, 0.2) is 11.8 Å². The molecule has 0 aliphatic rings. The van der Waals surface area contributed by atoms with Gasteiger partial charge in [-0.2, -0.15) is 0 Å². The zero-order valence-corrected chi connectivity index (χ0v) is 17.6. The number of hydrogen-bond acceptors (Lipinski definition) is 4. The fourth-order valence-electron chi connectivity index (χ4n) is 2.38. The van der Waals surface area contributed by atoms with E-state index < -0.39 is 0 Å². The van der Waals surface area contributed by atoms with Crippen molar-refractivity contribution in [2.24, 2.45) is 12.0 Å². The highest BCUT2D eigenvalue weighted by molar-refractivity contribution is 6.42. The van der Waals surface area contributed by atoms with Gasteiger partial charge in [-0.05, 0) is 38.0 Å². The summed E-state index contributed by atoms with van der Waals surface area (Å²) in [4.78, 5) is 4.64. The minimum absolute atomic E-state index is 0.00493. The average molecular weight is 413 g/mol. The van der Waals surface area contributed by atoms with Gasteiger partial charge in [0.2, 0.25) is 0 Å². The van der Waals surface area contributed by atoms with Crippen molar-refractivity contribution in [1.82, 2.24) is 25.4 Å². The lowest BCUT2D eigenvalue weighted by molar-refractivity contribution is 0.195. The molecule has 9 heteroatoms. The van der Waals surface area contributed by atoms with E-state index in [1.807, 2.05) is 37.6 Å². The second-order valence-electron chi connectivity index (χ2n) is 6.20. The largest absolute Gasteiger partial charge is 0.385 e. The summed E-state index contributed by atoms with van der Waals surface area (Å²) in [6, 6.07) is 5.59. The zero-order chi connectivity index (χ0) is 19.8. The van der Waals surface area contributed by atoms with Crippen LogP contribution < -0.4 is 10.6 Å². The average Bonchev–Trinajstić information content (AvgIpc) is 2.97. The van der Waals surface area contributed by atoms with Crippen molar-refractivity contribution in [1.29, 1.82) is 0 Å². The Kier molecular flexibility index (Phi) is 8.34. The molecule has 1 aromatic heterocycles. The number of guanidine groups is 1. The zero-order valence-electron chi connectivity index (χ0n) is 16.1. The Morgan fingerprint density at radius 3 is 2.70 bits per heavy atom. The van der Waals surface area contributed by atoms with Crippen molar-refractivity contribution in [2.45, 2.75) is 32.9 Å². The van der Waals surface area contributed by atoms with E-state index in [9.17, 15) is 0 Å². The first-order valence-electron chi connectivity index (χ1n) is 8.76. The molecule has 0 aliphatic carbocycles. The highest BCUT2D eigenvalue weighted by Crippen LogP contribution is 2.25. The fraction of sp³-hybridized carbons (Fsp3) is 0.500. The minimum Gasteiger partial charge on any atom is -0.385 e. The van der Waals surface area contributed by atoms with Crippen LogP contribution in [0.15, 0.2) is 23.2 Å². The molecule has 0 bridgehead atoms. The molecular weight excluding hydrogens is 387 g/mol. The first kappa shape index (κ1) is 21.5. The number of aryl methyl sites for hydroxylation is 1. The van der Waals surface area contributed by atoms with Crippen molar-refractivity contribution in [3.05, 3.63) is 45.5 Å². The van der Waals surface area contributed by atoms with Gasteiger partial charge in [0, 0.05) is 27.3 Å². The molecule has 2 rings (SSSR count). The van der Waals surface area contributed by atoms with E-state index in [0.29, 0.717) is 29.2 Å². The summed E-state index contributed by atoms with van der Waals surface area (Å²) >= 11 is 12.1. The van der Waals surface area contributed by atoms with Gasteiger partial charge >= 0.3 is 0 Å². The van der Waals surface area contributed by atoms with E-state index in [-0.39, 0.29) is 6.04 Å². The van der Waals surface area contributed by atoms with E-state index >= 15 is 0 Å². The van der Waals surface area contributed by atoms with Gasteiger partial charge in [-0.3, -0.25) is 0 Å². The quantitative estimate of drug-likeness (QED) is 0.395. The number of rotatable bonds is 8. The summed E-state index contributed by atoms with van der Waals surface area (Å²) in [5.74, 6) is 2.34. The van der Waals surface area contributed by atoms with Crippen LogP contribution in [-0.2, 0) is 18.3 Å². The van der Waals surface area contributed by atoms with E-state index in [1.165, 1.54) is 0 Å². The molecule has 148 valence electrons. The van der Waals surface area contributed by atoms with E-state index in [2.05, 4.69) is 25.8 Å². The van der Waals surface area contributed by atoms with Crippen LogP contribution in [0.5, 0.6) is 0 Å². The number of aliphatic imine (C=N–C) groups is 1. The summed E-state index contributed by atoms with van der Waals surface area (Å²) in [6.07, 6.45) is 0.876. The predicted molar refractivity (Wildman–Crippen MR) is 109 cm³/mol. The molecule has 1 heterocycles. The van der Waals surface area contributed by atoms with Crippen LogP contribution >= 0.6 is 23.2 Å². The highest BCUT2D eigenvalue weighted by Gasteiger charge is 2.11. The Morgan fingerprint density at radius 1 is 1.30 bits per heavy atom. The normalized spacial score (nSPS) is 12.9. The molecule has 1 unspecified atom stereocenters. The maximum Gasteiger partial charge on any atom is 0.192 e. The lowest BCUT2D eigenvalue weighted by Crippen LogP contribution is -2.39. The Morgan fingerprint density at radius 2 is 2.07 bits per heavy atom. The third-order valence-electron chi connectivity index (χ3n) is 4.18. The van der Waals surface area contributed by atoms with Crippen LogP contribution in [0.2, 0.25) is 10.0 Å². The van der Waals surface area contributed by atoms with Crippen LogP contribution in [0.3, 0.4) is 0 Å². The Balaban J connectivity index is 2.09.